The largest absolute Gasteiger partial charge is 0.364 e. The summed E-state index contributed by atoms with van der Waals surface area (Å²) < 4.78 is 20.9. The first-order valence-electron chi connectivity index (χ1n) is 2.58. The molecule has 0 saturated carbocycles. The van der Waals surface area contributed by atoms with E-state index in [9.17, 15) is 13.9 Å². The molecule has 0 saturated heterocycles. The molecule has 7 nitrogen and oxygen atoms in total. The van der Waals surface area contributed by atoms with Gasteiger partial charge in [-0.2, -0.15) is 0 Å². The Hall–Kier alpha value is -0.0000000000000000971. The van der Waals surface area contributed by atoms with E-state index in [-0.39, 0.29) is 6.08 Å². The van der Waals surface area contributed by atoms with Crippen molar-refractivity contribution in [2.45, 2.75) is 0 Å². The third-order valence-electron chi connectivity index (χ3n) is 0.839. The SMILES string of the molecule is O=C(Cl)C=C(P(=O)(O)O)P(=O)(O)O. The predicted molar refractivity (Wildman–Crippen MR) is 43.0 cm³/mol. The Morgan fingerprint density at radius 2 is 1.38 bits per heavy atom. The molecular weight excluding hydrogens is 245 g/mol. The van der Waals surface area contributed by atoms with Gasteiger partial charge in [-0.1, -0.05) is 0 Å². The molecule has 0 amide bonds. The number of allylic oxidation sites excluding steroid dienone is 1. The maximum absolute atomic E-state index is 10.4. The van der Waals surface area contributed by atoms with Crippen LogP contribution in [0.25, 0.3) is 0 Å². The van der Waals surface area contributed by atoms with Gasteiger partial charge >= 0.3 is 15.2 Å². The molecule has 0 aromatic heterocycles. The lowest BCUT2D eigenvalue weighted by Gasteiger charge is -2.09. The third kappa shape index (κ3) is 4.69. The molecule has 0 aliphatic carbocycles. The van der Waals surface area contributed by atoms with Crippen LogP contribution in [0.5, 0.6) is 0 Å². The van der Waals surface area contributed by atoms with Crippen LogP contribution in [0.3, 0.4) is 0 Å². The van der Waals surface area contributed by atoms with Gasteiger partial charge < -0.3 is 19.6 Å². The highest BCUT2D eigenvalue weighted by atomic mass is 35.5. The lowest BCUT2D eigenvalue weighted by atomic mass is 10.7. The summed E-state index contributed by atoms with van der Waals surface area (Å²) in [6.07, 6.45) is 0.0170. The number of hydrogen-bond acceptors (Lipinski definition) is 3. The van der Waals surface area contributed by atoms with Crippen molar-refractivity contribution in [2.75, 3.05) is 0 Å². The summed E-state index contributed by atoms with van der Waals surface area (Å²) in [6.45, 7) is 0. The van der Waals surface area contributed by atoms with Crippen molar-refractivity contribution in [3.05, 3.63) is 11.1 Å². The van der Waals surface area contributed by atoms with E-state index in [1.54, 1.807) is 0 Å². The molecule has 13 heavy (non-hydrogen) atoms. The minimum Gasteiger partial charge on any atom is -0.321 e. The van der Waals surface area contributed by atoms with E-state index in [0.717, 1.165) is 0 Å². The highest BCUT2D eigenvalue weighted by Crippen LogP contribution is 2.63. The summed E-state index contributed by atoms with van der Waals surface area (Å²) >= 11 is 4.68. The minimum absolute atomic E-state index is 0.0170. The molecule has 76 valence electrons. The van der Waals surface area contributed by atoms with Crippen molar-refractivity contribution in [2.24, 2.45) is 0 Å². The standard InChI is InChI=1S/C3H5ClO7P2/c4-2(5)1-3(12(6,7)8)13(9,10)11/h1H,(H2,6,7,8)(H2,9,10,11). The van der Waals surface area contributed by atoms with E-state index >= 15 is 0 Å². The zero-order valence-corrected chi connectivity index (χ0v) is 8.41. The normalized spacial score (nSPS) is 12.4. The highest BCUT2D eigenvalue weighted by Gasteiger charge is 2.36. The Morgan fingerprint density at radius 3 is 1.46 bits per heavy atom. The zero-order valence-electron chi connectivity index (χ0n) is 5.86. The Kier molecular flexibility index (Phi) is 4.02. The molecule has 0 spiro atoms. The van der Waals surface area contributed by atoms with E-state index < -0.39 is 25.5 Å². The molecule has 0 bridgehead atoms. The van der Waals surface area contributed by atoms with E-state index in [2.05, 4.69) is 11.6 Å². The van der Waals surface area contributed by atoms with Crippen molar-refractivity contribution < 1.29 is 33.5 Å². The number of rotatable bonds is 3. The molecule has 0 unspecified atom stereocenters. The van der Waals surface area contributed by atoms with E-state index in [0.29, 0.717) is 0 Å². The zero-order chi connectivity index (χ0) is 10.9. The molecule has 0 fully saturated rings. The first kappa shape index (κ1) is 13.0. The van der Waals surface area contributed by atoms with Gasteiger partial charge in [-0.15, -0.1) is 0 Å². The van der Waals surface area contributed by atoms with Crippen molar-refractivity contribution in [1.29, 1.82) is 0 Å². The van der Waals surface area contributed by atoms with Crippen molar-refractivity contribution in [1.82, 2.24) is 0 Å². The van der Waals surface area contributed by atoms with Crippen LogP contribution in [0.4, 0.5) is 0 Å². The number of halogens is 1. The van der Waals surface area contributed by atoms with Crippen LogP contribution in [-0.2, 0) is 13.9 Å². The van der Waals surface area contributed by atoms with Crippen molar-refractivity contribution in [3.8, 4) is 0 Å². The van der Waals surface area contributed by atoms with Gasteiger partial charge in [-0.05, 0) is 11.6 Å². The highest BCUT2D eigenvalue weighted by molar-refractivity contribution is 7.77. The molecule has 0 atom stereocenters. The smallest absolute Gasteiger partial charge is 0.321 e. The maximum atomic E-state index is 10.4. The first-order chi connectivity index (χ1) is 5.55. The van der Waals surface area contributed by atoms with Gasteiger partial charge in [-0.25, -0.2) is 0 Å². The summed E-state index contributed by atoms with van der Waals surface area (Å²) in [4.78, 5) is 43.8. The molecule has 0 heterocycles. The summed E-state index contributed by atoms with van der Waals surface area (Å²) in [7, 11) is -10.3. The fraction of sp³-hybridized carbons (Fsp3) is 0. The fourth-order valence-electron chi connectivity index (χ4n) is 0.439. The van der Waals surface area contributed by atoms with Gasteiger partial charge in [-0.3, -0.25) is 13.9 Å². The van der Waals surface area contributed by atoms with E-state index in [4.69, 9.17) is 19.6 Å². The van der Waals surface area contributed by atoms with Crippen LogP contribution in [0.1, 0.15) is 0 Å². The Bertz CT molecular complexity index is 310. The maximum Gasteiger partial charge on any atom is 0.364 e. The van der Waals surface area contributed by atoms with E-state index in [1.807, 2.05) is 0 Å². The lowest BCUT2D eigenvalue weighted by molar-refractivity contribution is -0.107. The summed E-state index contributed by atoms with van der Waals surface area (Å²) in [5.74, 6) is 0. The van der Waals surface area contributed by atoms with Crippen LogP contribution in [0.2, 0.25) is 0 Å². The third-order valence-corrected chi connectivity index (χ3v) is 3.96. The van der Waals surface area contributed by atoms with Crippen molar-refractivity contribution in [3.63, 3.8) is 0 Å². The summed E-state index contributed by atoms with van der Waals surface area (Å²) in [5, 5.41) is -2.96. The minimum atomic E-state index is -5.16. The average Bonchev–Trinajstić information content (AvgIpc) is 1.77. The molecule has 0 radical (unpaired) electrons. The van der Waals surface area contributed by atoms with Crippen LogP contribution < -0.4 is 0 Å². The second kappa shape index (κ2) is 4.02. The predicted octanol–water partition coefficient (Wildman–Crippen LogP) is -0.0514. The monoisotopic (exact) mass is 250 g/mol. The van der Waals surface area contributed by atoms with Crippen LogP contribution in [0.15, 0.2) is 11.1 Å². The molecule has 0 aliphatic rings. The first-order valence-corrected chi connectivity index (χ1v) is 6.19. The molecule has 0 rings (SSSR count). The summed E-state index contributed by atoms with van der Waals surface area (Å²) in [6, 6.07) is 0. The Morgan fingerprint density at radius 1 is 1.08 bits per heavy atom. The van der Waals surface area contributed by atoms with Gasteiger partial charge in [0.2, 0.25) is 5.24 Å². The van der Waals surface area contributed by atoms with Crippen molar-refractivity contribution >= 4 is 32.0 Å². The second-order valence-electron chi connectivity index (χ2n) is 1.89. The van der Waals surface area contributed by atoms with Gasteiger partial charge in [0.1, 0.15) is 0 Å². The molecule has 4 N–H and O–H groups in total. The topological polar surface area (TPSA) is 132 Å². The Balaban J connectivity index is 5.40. The lowest BCUT2D eigenvalue weighted by Crippen LogP contribution is -1.91. The van der Waals surface area contributed by atoms with Gasteiger partial charge in [0.05, 0.1) is 0 Å². The molecular formula is C3H5ClO7P2. The quantitative estimate of drug-likeness (QED) is 0.313. The summed E-state index contributed by atoms with van der Waals surface area (Å²) in [5.41, 5.74) is 0. The molecule has 0 aromatic carbocycles. The van der Waals surface area contributed by atoms with Gasteiger partial charge in [0.15, 0.2) is 5.06 Å². The van der Waals surface area contributed by atoms with E-state index in [1.165, 1.54) is 0 Å². The number of carbonyl (C=O) groups is 1. The number of carbonyl (C=O) groups excluding carboxylic acids is 1. The van der Waals surface area contributed by atoms with Crippen LogP contribution in [0, 0.1) is 0 Å². The Labute approximate surface area is 77.3 Å². The molecule has 0 aliphatic heterocycles. The average molecular weight is 250 g/mol. The molecule has 0 aromatic rings. The second-order valence-corrected chi connectivity index (χ2v) is 5.76. The van der Waals surface area contributed by atoms with Gasteiger partial charge in [0.25, 0.3) is 0 Å². The number of hydrogen-bond donors (Lipinski definition) is 4. The van der Waals surface area contributed by atoms with Crippen LogP contribution >= 0.6 is 26.8 Å². The fourth-order valence-corrected chi connectivity index (χ4v) is 2.63. The van der Waals surface area contributed by atoms with Gasteiger partial charge in [0, 0.05) is 6.08 Å². The van der Waals surface area contributed by atoms with Crippen LogP contribution in [-0.4, -0.2) is 24.8 Å². The molecule has 10 heteroatoms.